The van der Waals surface area contributed by atoms with Crippen LogP contribution in [0.25, 0.3) is 23.0 Å². The summed E-state index contributed by atoms with van der Waals surface area (Å²) in [5, 5.41) is 18.8. The van der Waals surface area contributed by atoms with Crippen molar-refractivity contribution in [1.82, 2.24) is 35.7 Å². The SMILES string of the molecule is CC(N)CNC(=O)c1ccc(-c2nnc(-c3ncccn3)nn2)cc1. The highest BCUT2D eigenvalue weighted by molar-refractivity contribution is 5.94. The maximum atomic E-state index is 12.0. The first-order chi connectivity index (χ1) is 12.1. The second-order valence-electron chi connectivity index (χ2n) is 5.38. The zero-order valence-corrected chi connectivity index (χ0v) is 13.5. The number of carbonyl (C=O) groups excluding carboxylic acids is 1. The molecule has 0 radical (unpaired) electrons. The van der Waals surface area contributed by atoms with Crippen molar-refractivity contribution in [2.24, 2.45) is 5.73 Å². The number of nitrogens with one attached hydrogen (secondary N) is 1. The van der Waals surface area contributed by atoms with E-state index < -0.39 is 0 Å². The number of aromatic nitrogens is 6. The normalized spacial score (nSPS) is 11.8. The van der Waals surface area contributed by atoms with Crippen LogP contribution in [0.5, 0.6) is 0 Å². The van der Waals surface area contributed by atoms with Crippen molar-refractivity contribution in [1.29, 1.82) is 0 Å². The van der Waals surface area contributed by atoms with Gasteiger partial charge in [-0.3, -0.25) is 4.79 Å². The highest BCUT2D eigenvalue weighted by Gasteiger charge is 2.10. The van der Waals surface area contributed by atoms with Gasteiger partial charge < -0.3 is 11.1 Å². The van der Waals surface area contributed by atoms with Crippen molar-refractivity contribution in [2.75, 3.05) is 6.54 Å². The van der Waals surface area contributed by atoms with Crippen molar-refractivity contribution in [3.8, 4) is 23.0 Å². The summed E-state index contributed by atoms with van der Waals surface area (Å²) in [6.45, 7) is 2.24. The van der Waals surface area contributed by atoms with Gasteiger partial charge >= 0.3 is 0 Å². The molecule has 0 fully saturated rings. The van der Waals surface area contributed by atoms with Crippen LogP contribution < -0.4 is 11.1 Å². The Morgan fingerprint density at radius 1 is 1.00 bits per heavy atom. The van der Waals surface area contributed by atoms with E-state index in [1.807, 2.05) is 6.92 Å². The number of nitrogens with two attached hydrogens (primary N) is 1. The molecule has 25 heavy (non-hydrogen) atoms. The van der Waals surface area contributed by atoms with Gasteiger partial charge in [-0.05, 0) is 25.1 Å². The van der Waals surface area contributed by atoms with Crippen molar-refractivity contribution in [3.63, 3.8) is 0 Å². The Balaban J connectivity index is 1.73. The van der Waals surface area contributed by atoms with Crippen molar-refractivity contribution >= 4 is 5.91 Å². The van der Waals surface area contributed by atoms with Gasteiger partial charge in [0.15, 0.2) is 0 Å². The van der Waals surface area contributed by atoms with Gasteiger partial charge in [-0.15, -0.1) is 20.4 Å². The zero-order chi connectivity index (χ0) is 17.6. The quantitative estimate of drug-likeness (QED) is 0.687. The molecule has 0 aliphatic carbocycles. The predicted molar refractivity (Wildman–Crippen MR) is 90.1 cm³/mol. The van der Waals surface area contributed by atoms with Crippen LogP contribution >= 0.6 is 0 Å². The summed E-state index contributed by atoms with van der Waals surface area (Å²) in [4.78, 5) is 20.0. The molecule has 0 spiro atoms. The third-order valence-corrected chi connectivity index (χ3v) is 3.23. The minimum absolute atomic E-state index is 0.0964. The summed E-state index contributed by atoms with van der Waals surface area (Å²) in [6.07, 6.45) is 3.18. The molecule has 9 heteroatoms. The molecule has 1 atom stereocenters. The molecule has 1 aromatic carbocycles. The minimum atomic E-state index is -0.183. The molecule has 9 nitrogen and oxygen atoms in total. The second-order valence-corrected chi connectivity index (χ2v) is 5.38. The Morgan fingerprint density at radius 2 is 1.60 bits per heavy atom. The van der Waals surface area contributed by atoms with Gasteiger partial charge in [0, 0.05) is 36.1 Å². The van der Waals surface area contributed by atoms with Crippen LogP contribution in [0.3, 0.4) is 0 Å². The van der Waals surface area contributed by atoms with Crippen LogP contribution in [0, 0.1) is 0 Å². The third-order valence-electron chi connectivity index (χ3n) is 3.23. The molecule has 2 aromatic heterocycles. The van der Waals surface area contributed by atoms with E-state index in [0.717, 1.165) is 0 Å². The van der Waals surface area contributed by atoms with E-state index in [1.165, 1.54) is 0 Å². The number of hydrogen-bond donors (Lipinski definition) is 2. The molecule has 3 rings (SSSR count). The first-order valence-corrected chi connectivity index (χ1v) is 7.62. The van der Waals surface area contributed by atoms with Gasteiger partial charge in [-0.25, -0.2) is 9.97 Å². The lowest BCUT2D eigenvalue weighted by Crippen LogP contribution is -2.35. The molecule has 1 amide bonds. The molecule has 0 saturated heterocycles. The van der Waals surface area contributed by atoms with Gasteiger partial charge in [-0.1, -0.05) is 12.1 Å². The number of benzene rings is 1. The molecule has 0 bridgehead atoms. The largest absolute Gasteiger partial charge is 0.350 e. The first kappa shape index (κ1) is 16.5. The molecular weight excluding hydrogens is 320 g/mol. The van der Waals surface area contributed by atoms with E-state index in [9.17, 15) is 4.79 Å². The summed E-state index contributed by atoms with van der Waals surface area (Å²) in [6, 6.07) is 8.44. The summed E-state index contributed by atoms with van der Waals surface area (Å²) in [5.74, 6) is 0.770. The number of nitrogens with zero attached hydrogens (tertiary/aromatic N) is 6. The Hall–Kier alpha value is -3.33. The Labute approximate surface area is 143 Å². The fourth-order valence-electron chi connectivity index (χ4n) is 1.98. The molecule has 0 aliphatic rings. The minimum Gasteiger partial charge on any atom is -0.350 e. The molecule has 126 valence electrons. The lowest BCUT2D eigenvalue weighted by molar-refractivity contribution is 0.0951. The fourth-order valence-corrected chi connectivity index (χ4v) is 1.98. The van der Waals surface area contributed by atoms with E-state index in [-0.39, 0.29) is 17.8 Å². The molecule has 3 aromatic rings. The van der Waals surface area contributed by atoms with E-state index >= 15 is 0 Å². The van der Waals surface area contributed by atoms with Crippen molar-refractivity contribution in [2.45, 2.75) is 13.0 Å². The van der Waals surface area contributed by atoms with E-state index in [4.69, 9.17) is 5.73 Å². The molecule has 0 aliphatic heterocycles. The molecule has 2 heterocycles. The second kappa shape index (κ2) is 7.49. The molecule has 0 saturated carbocycles. The number of hydrogen-bond acceptors (Lipinski definition) is 8. The lowest BCUT2D eigenvalue weighted by atomic mass is 10.1. The molecule has 1 unspecified atom stereocenters. The number of rotatable bonds is 5. The number of amides is 1. The Kier molecular flexibility index (Phi) is 4.95. The van der Waals surface area contributed by atoms with Crippen LogP contribution in [0.2, 0.25) is 0 Å². The third kappa shape index (κ3) is 4.15. The van der Waals surface area contributed by atoms with Crippen molar-refractivity contribution < 1.29 is 4.79 Å². The van der Waals surface area contributed by atoms with Crippen LogP contribution in [0.15, 0.2) is 42.7 Å². The Morgan fingerprint density at radius 3 is 2.20 bits per heavy atom. The highest BCUT2D eigenvalue weighted by Crippen LogP contribution is 2.15. The first-order valence-electron chi connectivity index (χ1n) is 7.62. The molecule has 3 N–H and O–H groups in total. The van der Waals surface area contributed by atoms with E-state index in [2.05, 4.69) is 35.7 Å². The van der Waals surface area contributed by atoms with Crippen LogP contribution in [-0.2, 0) is 0 Å². The smallest absolute Gasteiger partial charge is 0.251 e. The van der Waals surface area contributed by atoms with Gasteiger partial charge in [0.2, 0.25) is 17.5 Å². The summed E-state index contributed by atoms with van der Waals surface area (Å²) in [5.41, 5.74) is 6.84. The standard InChI is InChI=1S/C16H16N8O/c1-10(17)9-20-16(25)12-5-3-11(4-6-12)13-21-23-15(24-22-13)14-18-7-2-8-19-14/h2-8,10H,9,17H2,1H3,(H,20,25). The van der Waals surface area contributed by atoms with Crippen LogP contribution in [-0.4, -0.2) is 48.9 Å². The summed E-state index contributed by atoms with van der Waals surface area (Å²) >= 11 is 0. The average molecular weight is 336 g/mol. The predicted octanol–water partition coefficient (Wildman–Crippen LogP) is 0.468. The lowest BCUT2D eigenvalue weighted by Gasteiger charge is -2.08. The Bertz CT molecular complexity index is 834. The maximum absolute atomic E-state index is 12.0. The number of carbonyl (C=O) groups is 1. The summed E-state index contributed by atoms with van der Waals surface area (Å²) in [7, 11) is 0. The van der Waals surface area contributed by atoms with Gasteiger partial charge in [0.25, 0.3) is 5.91 Å². The van der Waals surface area contributed by atoms with Crippen LogP contribution in [0.4, 0.5) is 0 Å². The van der Waals surface area contributed by atoms with Gasteiger partial charge in [-0.2, -0.15) is 0 Å². The van der Waals surface area contributed by atoms with Gasteiger partial charge in [0.05, 0.1) is 0 Å². The monoisotopic (exact) mass is 336 g/mol. The summed E-state index contributed by atoms with van der Waals surface area (Å²) < 4.78 is 0. The maximum Gasteiger partial charge on any atom is 0.251 e. The van der Waals surface area contributed by atoms with Crippen LogP contribution in [0.1, 0.15) is 17.3 Å². The molecular formula is C16H16N8O. The average Bonchev–Trinajstić information content (AvgIpc) is 2.67. The zero-order valence-electron chi connectivity index (χ0n) is 13.5. The van der Waals surface area contributed by atoms with Gasteiger partial charge in [0.1, 0.15) is 0 Å². The fraction of sp³-hybridized carbons (Fsp3) is 0.188. The highest BCUT2D eigenvalue weighted by atomic mass is 16.1. The van der Waals surface area contributed by atoms with E-state index in [1.54, 1.807) is 42.7 Å². The topological polar surface area (TPSA) is 132 Å². The van der Waals surface area contributed by atoms with Crippen molar-refractivity contribution in [3.05, 3.63) is 48.3 Å². The van der Waals surface area contributed by atoms with E-state index in [0.29, 0.717) is 29.3 Å².